The fraction of sp³-hybridized carbons (Fsp3) is 0.385. The zero-order valence-corrected chi connectivity index (χ0v) is 9.91. The van der Waals surface area contributed by atoms with E-state index in [0.717, 1.165) is 12.8 Å². The third-order valence-electron chi connectivity index (χ3n) is 2.95. The second-order valence-electron chi connectivity index (χ2n) is 4.32. The summed E-state index contributed by atoms with van der Waals surface area (Å²) in [4.78, 5) is 23.5. The van der Waals surface area contributed by atoms with Crippen LogP contribution in [0.5, 0.6) is 0 Å². The molecule has 4 nitrogen and oxygen atoms in total. The molecular formula is C13H15FN2O2. The predicted molar refractivity (Wildman–Crippen MR) is 64.5 cm³/mol. The van der Waals surface area contributed by atoms with Gasteiger partial charge in [0.2, 0.25) is 5.91 Å². The Balaban J connectivity index is 2.01. The average molecular weight is 250 g/mol. The Bertz CT molecular complexity index is 445. The van der Waals surface area contributed by atoms with Crippen molar-refractivity contribution in [3.05, 3.63) is 35.6 Å². The molecule has 0 aliphatic carbocycles. The van der Waals surface area contributed by atoms with E-state index in [4.69, 9.17) is 0 Å². The van der Waals surface area contributed by atoms with Crippen LogP contribution in [0.2, 0.25) is 0 Å². The first-order chi connectivity index (χ1) is 8.66. The molecule has 1 aromatic rings. The molecule has 1 aliphatic rings. The Hall–Kier alpha value is -1.91. The van der Waals surface area contributed by atoms with Crippen molar-refractivity contribution < 1.29 is 14.0 Å². The van der Waals surface area contributed by atoms with Gasteiger partial charge >= 0.3 is 0 Å². The second-order valence-corrected chi connectivity index (χ2v) is 4.32. The van der Waals surface area contributed by atoms with Gasteiger partial charge in [0, 0.05) is 12.1 Å². The third kappa shape index (κ3) is 3.06. The minimum Gasteiger partial charge on any atom is -0.354 e. The van der Waals surface area contributed by atoms with E-state index in [1.165, 1.54) is 24.3 Å². The van der Waals surface area contributed by atoms with E-state index in [1.54, 1.807) is 0 Å². The van der Waals surface area contributed by atoms with Crippen LogP contribution in [0.1, 0.15) is 29.6 Å². The highest BCUT2D eigenvalue weighted by atomic mass is 19.1. The first-order valence-electron chi connectivity index (χ1n) is 6.01. The molecule has 0 spiro atoms. The first-order valence-corrected chi connectivity index (χ1v) is 6.01. The normalized spacial score (nSPS) is 19.8. The quantitative estimate of drug-likeness (QED) is 0.829. The standard InChI is InChI=1S/C13H15FN2O2/c14-10-6-4-9(5-7-10)12(17)16-11-3-1-2-8-15-13(11)18/h4-7,11H,1-3,8H2,(H,15,18)(H,16,17). The van der Waals surface area contributed by atoms with Crippen LogP contribution in [0.15, 0.2) is 24.3 Å². The summed E-state index contributed by atoms with van der Waals surface area (Å²) in [5, 5.41) is 5.42. The summed E-state index contributed by atoms with van der Waals surface area (Å²) in [5.41, 5.74) is 0.355. The molecular weight excluding hydrogens is 235 g/mol. The molecule has 2 rings (SSSR count). The van der Waals surface area contributed by atoms with Crippen molar-refractivity contribution in [2.45, 2.75) is 25.3 Å². The fourth-order valence-electron chi connectivity index (χ4n) is 1.92. The number of halogens is 1. The molecule has 1 fully saturated rings. The van der Waals surface area contributed by atoms with E-state index in [2.05, 4.69) is 10.6 Å². The summed E-state index contributed by atoms with van der Waals surface area (Å²) in [6.45, 7) is 0.655. The summed E-state index contributed by atoms with van der Waals surface area (Å²) < 4.78 is 12.7. The van der Waals surface area contributed by atoms with Gasteiger partial charge in [0.05, 0.1) is 0 Å². The topological polar surface area (TPSA) is 58.2 Å². The minimum absolute atomic E-state index is 0.150. The Labute approximate surface area is 105 Å². The molecule has 0 aromatic heterocycles. The number of hydrogen-bond donors (Lipinski definition) is 2. The number of amides is 2. The van der Waals surface area contributed by atoms with Crippen molar-refractivity contribution in [1.29, 1.82) is 0 Å². The lowest BCUT2D eigenvalue weighted by Gasteiger charge is -2.15. The molecule has 1 aromatic carbocycles. The van der Waals surface area contributed by atoms with Gasteiger partial charge in [0.25, 0.3) is 5.91 Å². The number of rotatable bonds is 2. The van der Waals surface area contributed by atoms with Crippen LogP contribution in [-0.4, -0.2) is 24.4 Å². The van der Waals surface area contributed by atoms with Gasteiger partial charge in [-0.05, 0) is 43.5 Å². The lowest BCUT2D eigenvalue weighted by atomic mass is 10.1. The molecule has 2 N–H and O–H groups in total. The van der Waals surface area contributed by atoms with Gasteiger partial charge in [-0.3, -0.25) is 9.59 Å². The van der Waals surface area contributed by atoms with Crippen molar-refractivity contribution in [2.24, 2.45) is 0 Å². The SMILES string of the molecule is O=C(NC1CCCCNC1=O)c1ccc(F)cc1. The molecule has 1 saturated heterocycles. The van der Waals surface area contributed by atoms with Crippen molar-refractivity contribution in [3.63, 3.8) is 0 Å². The third-order valence-corrected chi connectivity index (χ3v) is 2.95. The number of carbonyl (C=O) groups is 2. The molecule has 0 bridgehead atoms. The molecule has 5 heteroatoms. The number of benzene rings is 1. The Morgan fingerprint density at radius 1 is 1.28 bits per heavy atom. The molecule has 18 heavy (non-hydrogen) atoms. The monoisotopic (exact) mass is 250 g/mol. The smallest absolute Gasteiger partial charge is 0.251 e. The highest BCUT2D eigenvalue weighted by Gasteiger charge is 2.22. The van der Waals surface area contributed by atoms with Crippen molar-refractivity contribution in [1.82, 2.24) is 10.6 Å². The summed E-state index contributed by atoms with van der Waals surface area (Å²) in [5.74, 6) is -0.890. The van der Waals surface area contributed by atoms with Crippen LogP contribution in [-0.2, 0) is 4.79 Å². The second kappa shape index (κ2) is 5.62. The highest BCUT2D eigenvalue weighted by Crippen LogP contribution is 2.08. The zero-order chi connectivity index (χ0) is 13.0. The Morgan fingerprint density at radius 2 is 2.00 bits per heavy atom. The first kappa shape index (κ1) is 12.5. The lowest BCUT2D eigenvalue weighted by Crippen LogP contribution is -2.45. The summed E-state index contributed by atoms with van der Waals surface area (Å²) >= 11 is 0. The van der Waals surface area contributed by atoms with E-state index >= 15 is 0 Å². The van der Waals surface area contributed by atoms with Crippen LogP contribution >= 0.6 is 0 Å². The average Bonchev–Trinajstić information content (AvgIpc) is 2.56. The van der Waals surface area contributed by atoms with Crippen LogP contribution in [0, 0.1) is 5.82 Å². The van der Waals surface area contributed by atoms with Gasteiger partial charge in [-0.2, -0.15) is 0 Å². The van der Waals surface area contributed by atoms with Gasteiger partial charge in [-0.25, -0.2) is 4.39 Å². The predicted octanol–water partition coefficient (Wildman–Crippen LogP) is 1.22. The van der Waals surface area contributed by atoms with Gasteiger partial charge < -0.3 is 10.6 Å². The van der Waals surface area contributed by atoms with Crippen LogP contribution in [0.25, 0.3) is 0 Å². The largest absolute Gasteiger partial charge is 0.354 e. The molecule has 1 unspecified atom stereocenters. The van der Waals surface area contributed by atoms with Gasteiger partial charge in [-0.1, -0.05) is 0 Å². The Kier molecular flexibility index (Phi) is 3.92. The number of hydrogen-bond acceptors (Lipinski definition) is 2. The van der Waals surface area contributed by atoms with Gasteiger partial charge in [0.15, 0.2) is 0 Å². The van der Waals surface area contributed by atoms with Gasteiger partial charge in [0.1, 0.15) is 11.9 Å². The zero-order valence-electron chi connectivity index (χ0n) is 9.91. The summed E-state index contributed by atoms with van der Waals surface area (Å²) in [7, 11) is 0. The molecule has 1 heterocycles. The molecule has 2 amide bonds. The maximum absolute atomic E-state index is 12.7. The molecule has 96 valence electrons. The molecule has 1 atom stereocenters. The summed E-state index contributed by atoms with van der Waals surface area (Å²) in [6, 6.07) is 4.76. The van der Waals surface area contributed by atoms with E-state index in [0.29, 0.717) is 18.5 Å². The van der Waals surface area contributed by atoms with E-state index < -0.39 is 11.9 Å². The molecule has 0 saturated carbocycles. The highest BCUT2D eigenvalue weighted by molar-refractivity contribution is 5.97. The van der Waals surface area contributed by atoms with Crippen LogP contribution in [0.4, 0.5) is 4.39 Å². The lowest BCUT2D eigenvalue weighted by molar-refractivity contribution is -0.122. The number of nitrogens with one attached hydrogen (secondary N) is 2. The minimum atomic E-state index is -0.495. The number of carbonyl (C=O) groups excluding carboxylic acids is 2. The van der Waals surface area contributed by atoms with Crippen molar-refractivity contribution in [2.75, 3.05) is 6.54 Å². The van der Waals surface area contributed by atoms with Crippen LogP contribution in [0.3, 0.4) is 0 Å². The maximum Gasteiger partial charge on any atom is 0.251 e. The van der Waals surface area contributed by atoms with E-state index in [9.17, 15) is 14.0 Å². The van der Waals surface area contributed by atoms with Crippen molar-refractivity contribution in [3.8, 4) is 0 Å². The van der Waals surface area contributed by atoms with Gasteiger partial charge in [-0.15, -0.1) is 0 Å². The fourth-order valence-corrected chi connectivity index (χ4v) is 1.92. The van der Waals surface area contributed by atoms with E-state index in [1.807, 2.05) is 0 Å². The van der Waals surface area contributed by atoms with Crippen molar-refractivity contribution >= 4 is 11.8 Å². The molecule has 1 aliphatic heterocycles. The van der Waals surface area contributed by atoms with Crippen LogP contribution < -0.4 is 10.6 Å². The maximum atomic E-state index is 12.7. The van der Waals surface area contributed by atoms with E-state index in [-0.39, 0.29) is 11.8 Å². The Morgan fingerprint density at radius 3 is 2.72 bits per heavy atom. The summed E-state index contributed by atoms with van der Waals surface area (Å²) in [6.07, 6.45) is 2.46. The molecule has 0 radical (unpaired) electrons.